The van der Waals surface area contributed by atoms with E-state index in [1.165, 1.54) is 19.6 Å². The van der Waals surface area contributed by atoms with E-state index in [-0.39, 0.29) is 24.0 Å². The fourth-order valence-electron chi connectivity index (χ4n) is 4.89. The van der Waals surface area contributed by atoms with Crippen molar-refractivity contribution >= 4 is 22.1 Å². The molecule has 4 aromatic rings. The van der Waals surface area contributed by atoms with Crippen LogP contribution in [0.5, 0.6) is 5.75 Å². The Balaban J connectivity index is 1.71. The molecule has 3 heterocycles. The molecule has 1 aliphatic carbocycles. The summed E-state index contributed by atoms with van der Waals surface area (Å²) in [6, 6.07) is 6.96. The van der Waals surface area contributed by atoms with Crippen molar-refractivity contribution in [3.05, 3.63) is 58.5 Å². The van der Waals surface area contributed by atoms with Gasteiger partial charge in [0.2, 0.25) is 0 Å². The standard InChI is InChI=1S/C23H25FN4O2/c1-14-5-3-4-6-18(14)28-21-16-9-10-25-22(16)26-12-19(21)27(23(28)29)13-15-7-8-20(30-2)17(24)11-15/h7-12,14,18H,3-6,13H2,1-2H3,(H,25,26)/t14-,18+/m1/s1. The average Bonchev–Trinajstić information content (AvgIpc) is 3.32. The summed E-state index contributed by atoms with van der Waals surface area (Å²) in [5.41, 5.74) is 3.11. The quantitative estimate of drug-likeness (QED) is 0.536. The number of halogens is 1. The maximum Gasteiger partial charge on any atom is 0.329 e. The van der Waals surface area contributed by atoms with Crippen molar-refractivity contribution in [3.8, 4) is 5.75 Å². The molecule has 3 aromatic heterocycles. The first-order valence-electron chi connectivity index (χ1n) is 10.5. The summed E-state index contributed by atoms with van der Waals surface area (Å²) in [6.45, 7) is 2.51. The molecule has 0 amide bonds. The molecular formula is C23H25FN4O2. The van der Waals surface area contributed by atoms with E-state index in [1.807, 2.05) is 16.8 Å². The molecule has 1 fully saturated rings. The van der Waals surface area contributed by atoms with Gasteiger partial charge in [-0.05, 0) is 42.5 Å². The fourth-order valence-corrected chi connectivity index (χ4v) is 4.89. The zero-order valence-corrected chi connectivity index (χ0v) is 17.2. The molecule has 6 nitrogen and oxygen atoms in total. The number of hydrogen-bond donors (Lipinski definition) is 1. The first-order chi connectivity index (χ1) is 14.6. The lowest BCUT2D eigenvalue weighted by atomic mass is 9.85. The van der Waals surface area contributed by atoms with E-state index in [4.69, 9.17) is 4.74 Å². The number of aromatic amines is 1. The molecule has 30 heavy (non-hydrogen) atoms. The van der Waals surface area contributed by atoms with Gasteiger partial charge >= 0.3 is 5.69 Å². The second kappa shape index (κ2) is 7.31. The lowest BCUT2D eigenvalue weighted by Crippen LogP contribution is -2.32. The molecule has 0 aliphatic heterocycles. The maximum absolute atomic E-state index is 14.2. The monoisotopic (exact) mass is 408 g/mol. The van der Waals surface area contributed by atoms with Crippen molar-refractivity contribution in [1.29, 1.82) is 0 Å². The molecule has 1 aliphatic rings. The number of nitrogens with zero attached hydrogens (tertiary/aromatic N) is 3. The SMILES string of the molecule is COc1ccc(Cn2c(=O)n([C@H]3CCCC[C@H]3C)c3c4cc[nH]c4ncc32)cc1F. The Hall–Kier alpha value is -3.09. The number of H-pyrrole nitrogens is 1. The number of hydrogen-bond acceptors (Lipinski definition) is 3. The molecule has 5 rings (SSSR count). The van der Waals surface area contributed by atoms with E-state index in [2.05, 4.69) is 16.9 Å². The molecule has 7 heteroatoms. The van der Waals surface area contributed by atoms with E-state index < -0.39 is 5.82 Å². The topological polar surface area (TPSA) is 64.8 Å². The zero-order chi connectivity index (χ0) is 20.8. The Kier molecular flexibility index (Phi) is 4.60. The summed E-state index contributed by atoms with van der Waals surface area (Å²) in [5, 5.41) is 0.946. The van der Waals surface area contributed by atoms with E-state index in [1.54, 1.807) is 22.9 Å². The summed E-state index contributed by atoms with van der Waals surface area (Å²) >= 11 is 0. The summed E-state index contributed by atoms with van der Waals surface area (Å²) in [7, 11) is 1.44. The van der Waals surface area contributed by atoms with Gasteiger partial charge in [0.05, 0.1) is 30.9 Å². The lowest BCUT2D eigenvalue weighted by molar-refractivity contribution is 0.256. The molecule has 1 saturated carbocycles. The predicted molar refractivity (Wildman–Crippen MR) is 115 cm³/mol. The van der Waals surface area contributed by atoms with Crippen molar-refractivity contribution in [2.24, 2.45) is 5.92 Å². The Morgan fingerprint density at radius 1 is 1.27 bits per heavy atom. The van der Waals surface area contributed by atoms with Crippen molar-refractivity contribution in [2.75, 3.05) is 7.11 Å². The normalized spacial score (nSPS) is 19.6. The minimum absolute atomic E-state index is 0.0597. The van der Waals surface area contributed by atoms with E-state index >= 15 is 0 Å². The summed E-state index contributed by atoms with van der Waals surface area (Å²) < 4.78 is 23.0. The van der Waals surface area contributed by atoms with Gasteiger partial charge in [-0.2, -0.15) is 0 Å². The third-order valence-electron chi connectivity index (χ3n) is 6.46. The molecule has 0 bridgehead atoms. The highest BCUT2D eigenvalue weighted by molar-refractivity contribution is 6.01. The van der Waals surface area contributed by atoms with Crippen LogP contribution in [-0.4, -0.2) is 26.2 Å². The van der Waals surface area contributed by atoms with Gasteiger partial charge in [-0.3, -0.25) is 9.13 Å². The second-order valence-corrected chi connectivity index (χ2v) is 8.27. The number of aromatic nitrogens is 4. The van der Waals surface area contributed by atoms with Crippen LogP contribution < -0.4 is 10.4 Å². The summed E-state index contributed by atoms with van der Waals surface area (Å²) in [6.07, 6.45) is 8.04. The number of methoxy groups -OCH3 is 1. The minimum atomic E-state index is -0.432. The predicted octanol–water partition coefficient (Wildman–Crippen LogP) is 4.63. The third kappa shape index (κ3) is 2.91. The highest BCUT2D eigenvalue weighted by atomic mass is 19.1. The average molecular weight is 408 g/mol. The highest BCUT2D eigenvalue weighted by Gasteiger charge is 2.28. The smallest absolute Gasteiger partial charge is 0.329 e. The molecular weight excluding hydrogens is 383 g/mol. The van der Waals surface area contributed by atoms with Crippen LogP contribution in [0.3, 0.4) is 0 Å². The lowest BCUT2D eigenvalue weighted by Gasteiger charge is -2.29. The van der Waals surface area contributed by atoms with Crippen LogP contribution in [0.1, 0.15) is 44.2 Å². The number of benzene rings is 1. The van der Waals surface area contributed by atoms with Gasteiger partial charge in [0.25, 0.3) is 0 Å². The van der Waals surface area contributed by atoms with Gasteiger partial charge in [-0.15, -0.1) is 0 Å². The zero-order valence-electron chi connectivity index (χ0n) is 17.2. The Morgan fingerprint density at radius 3 is 2.87 bits per heavy atom. The fraction of sp³-hybridized carbons (Fsp3) is 0.391. The number of imidazole rings is 1. The molecule has 0 saturated heterocycles. The number of pyridine rings is 1. The summed E-state index contributed by atoms with van der Waals surface area (Å²) in [4.78, 5) is 21.3. The van der Waals surface area contributed by atoms with Gasteiger partial charge < -0.3 is 9.72 Å². The van der Waals surface area contributed by atoms with Crippen LogP contribution in [-0.2, 0) is 6.54 Å². The first kappa shape index (κ1) is 18.9. The van der Waals surface area contributed by atoms with Crippen LogP contribution in [0.25, 0.3) is 22.1 Å². The molecule has 2 atom stereocenters. The van der Waals surface area contributed by atoms with Crippen LogP contribution in [0, 0.1) is 11.7 Å². The van der Waals surface area contributed by atoms with Gasteiger partial charge in [0.1, 0.15) is 5.65 Å². The number of rotatable bonds is 4. The van der Waals surface area contributed by atoms with Crippen molar-refractivity contribution in [3.63, 3.8) is 0 Å². The van der Waals surface area contributed by atoms with Gasteiger partial charge in [-0.25, -0.2) is 14.2 Å². The Bertz CT molecular complexity index is 1290. The first-order valence-corrected chi connectivity index (χ1v) is 10.5. The molecule has 1 aromatic carbocycles. The third-order valence-corrected chi connectivity index (χ3v) is 6.46. The second-order valence-electron chi connectivity index (χ2n) is 8.27. The Morgan fingerprint density at radius 2 is 2.10 bits per heavy atom. The molecule has 0 radical (unpaired) electrons. The number of ether oxygens (including phenoxy) is 1. The molecule has 156 valence electrons. The van der Waals surface area contributed by atoms with Crippen LogP contribution >= 0.6 is 0 Å². The molecule has 1 N–H and O–H groups in total. The maximum atomic E-state index is 14.2. The van der Waals surface area contributed by atoms with Crippen LogP contribution in [0.2, 0.25) is 0 Å². The van der Waals surface area contributed by atoms with Crippen LogP contribution in [0.4, 0.5) is 4.39 Å². The number of fused-ring (bicyclic) bond motifs is 3. The Labute approximate surface area is 173 Å². The van der Waals surface area contributed by atoms with Gasteiger partial charge in [0, 0.05) is 17.6 Å². The van der Waals surface area contributed by atoms with E-state index in [0.717, 1.165) is 41.3 Å². The minimum Gasteiger partial charge on any atom is -0.494 e. The largest absolute Gasteiger partial charge is 0.494 e. The van der Waals surface area contributed by atoms with Gasteiger partial charge in [-0.1, -0.05) is 25.8 Å². The van der Waals surface area contributed by atoms with Gasteiger partial charge in [0.15, 0.2) is 11.6 Å². The molecule has 0 spiro atoms. The van der Waals surface area contributed by atoms with Crippen molar-refractivity contribution < 1.29 is 9.13 Å². The van der Waals surface area contributed by atoms with E-state index in [9.17, 15) is 9.18 Å². The highest BCUT2D eigenvalue weighted by Crippen LogP contribution is 2.36. The summed E-state index contributed by atoms with van der Waals surface area (Å²) in [5.74, 6) is 0.190. The van der Waals surface area contributed by atoms with Crippen molar-refractivity contribution in [1.82, 2.24) is 19.1 Å². The van der Waals surface area contributed by atoms with Crippen LogP contribution in [0.15, 0.2) is 41.5 Å². The number of nitrogens with one attached hydrogen (secondary N) is 1. The van der Waals surface area contributed by atoms with Crippen molar-refractivity contribution in [2.45, 2.75) is 45.2 Å². The van der Waals surface area contributed by atoms with E-state index in [0.29, 0.717) is 11.5 Å². The molecule has 0 unspecified atom stereocenters.